The predicted molar refractivity (Wildman–Crippen MR) is 133 cm³/mol. The van der Waals surface area contributed by atoms with Gasteiger partial charge in [0.2, 0.25) is 5.78 Å². The molecule has 1 N–H and O–H groups in total. The summed E-state index contributed by atoms with van der Waals surface area (Å²) in [5.74, 6) is -2.79. The van der Waals surface area contributed by atoms with E-state index in [1.54, 1.807) is 19.3 Å². The molecule has 9 heteroatoms. The first-order chi connectivity index (χ1) is 16.7. The van der Waals surface area contributed by atoms with Crippen LogP contribution in [0.4, 0.5) is 0 Å². The van der Waals surface area contributed by atoms with E-state index < -0.39 is 52.4 Å². The zero-order valence-corrected chi connectivity index (χ0v) is 22.7. The van der Waals surface area contributed by atoms with E-state index in [4.69, 9.17) is 14.2 Å². The summed E-state index contributed by atoms with van der Waals surface area (Å²) in [5, 5.41) is 13.0. The minimum absolute atomic E-state index is 0.00264. The highest BCUT2D eigenvalue weighted by molar-refractivity contribution is 8.03. The summed E-state index contributed by atoms with van der Waals surface area (Å²) < 4.78 is 16.8. The van der Waals surface area contributed by atoms with E-state index in [9.17, 15) is 24.3 Å². The molecule has 0 aromatic carbocycles. The molecule has 36 heavy (non-hydrogen) atoms. The Kier molecular flexibility index (Phi) is 6.57. The predicted octanol–water partition coefficient (Wildman–Crippen LogP) is 3.99. The Balaban J connectivity index is 2.02. The summed E-state index contributed by atoms with van der Waals surface area (Å²) in [6, 6.07) is 0. The average Bonchev–Trinajstić information content (AvgIpc) is 3.05. The lowest BCUT2D eigenvalue weighted by molar-refractivity contribution is -0.160. The number of cyclic esters (lactones) is 1. The highest BCUT2D eigenvalue weighted by Crippen LogP contribution is 2.62. The van der Waals surface area contributed by atoms with E-state index >= 15 is 0 Å². The fourth-order valence-corrected chi connectivity index (χ4v) is 6.99. The van der Waals surface area contributed by atoms with Gasteiger partial charge in [-0.05, 0) is 24.3 Å². The van der Waals surface area contributed by atoms with E-state index in [2.05, 4.69) is 0 Å². The molecule has 0 bridgehead atoms. The molecule has 4 rings (SSSR count). The van der Waals surface area contributed by atoms with Gasteiger partial charge in [-0.1, -0.05) is 27.7 Å². The van der Waals surface area contributed by atoms with Crippen molar-refractivity contribution in [2.45, 2.75) is 77.8 Å². The van der Waals surface area contributed by atoms with E-state index in [0.717, 1.165) is 0 Å². The molecule has 3 aliphatic carbocycles. The fourth-order valence-electron chi connectivity index (χ4n) is 6.31. The molecule has 1 heterocycles. The van der Waals surface area contributed by atoms with Crippen LogP contribution in [0, 0.1) is 16.7 Å². The zero-order chi connectivity index (χ0) is 26.8. The molecule has 0 radical (unpaired) electrons. The number of hydrogen-bond donors (Lipinski definition) is 1. The second-order valence-electron chi connectivity index (χ2n) is 11.4. The van der Waals surface area contributed by atoms with Gasteiger partial charge in [0.05, 0.1) is 17.6 Å². The smallest absolute Gasteiger partial charge is 0.339 e. The molecule has 8 nitrogen and oxygen atoms in total. The summed E-state index contributed by atoms with van der Waals surface area (Å²) in [6.45, 7) is 10.8. The quantitative estimate of drug-likeness (QED) is 0.435. The van der Waals surface area contributed by atoms with E-state index in [0.29, 0.717) is 24.0 Å². The summed E-state index contributed by atoms with van der Waals surface area (Å²) in [5.41, 5.74) is -1.06. The lowest BCUT2D eigenvalue weighted by atomic mass is 9.53. The summed E-state index contributed by atoms with van der Waals surface area (Å²) >= 11 is 1.38. The largest absolute Gasteiger partial charge is 0.504 e. The van der Waals surface area contributed by atoms with Crippen molar-refractivity contribution < 1.29 is 38.5 Å². The van der Waals surface area contributed by atoms with Gasteiger partial charge < -0.3 is 19.3 Å². The van der Waals surface area contributed by atoms with Crippen molar-refractivity contribution in [1.82, 2.24) is 0 Å². The van der Waals surface area contributed by atoms with Crippen molar-refractivity contribution >= 4 is 35.3 Å². The molecule has 1 saturated carbocycles. The maximum atomic E-state index is 13.9. The number of carbonyl (C=O) groups is 4. The van der Waals surface area contributed by atoms with Gasteiger partial charge >= 0.3 is 11.9 Å². The van der Waals surface area contributed by atoms with Crippen molar-refractivity contribution in [3.63, 3.8) is 0 Å². The molecule has 0 aromatic heterocycles. The maximum absolute atomic E-state index is 13.9. The van der Waals surface area contributed by atoms with Crippen LogP contribution in [-0.2, 0) is 33.4 Å². The van der Waals surface area contributed by atoms with E-state index in [-0.39, 0.29) is 34.7 Å². The van der Waals surface area contributed by atoms with Gasteiger partial charge in [0, 0.05) is 54.1 Å². The van der Waals surface area contributed by atoms with Crippen LogP contribution in [-0.4, -0.2) is 59.3 Å². The Bertz CT molecular complexity index is 1140. The van der Waals surface area contributed by atoms with Crippen molar-refractivity contribution in [2.75, 3.05) is 13.7 Å². The minimum atomic E-state index is -1.21. The number of carbonyl (C=O) groups excluding carboxylic acids is 4. The number of hydrogen-bond acceptors (Lipinski definition) is 9. The van der Waals surface area contributed by atoms with Gasteiger partial charge in [-0.15, -0.1) is 11.8 Å². The molecule has 196 valence electrons. The second kappa shape index (κ2) is 8.87. The SMILES string of the molecule is COC[C@H]1OC(=O)/C(=C\SC(C)(C)C)C2=C(O)C(=O)C3=C([C@H](OC(C)=O)C[C@]4(C)C(=O)CC[C@@H]34)[C@]21C. The van der Waals surface area contributed by atoms with Crippen LogP contribution >= 0.6 is 11.8 Å². The van der Waals surface area contributed by atoms with Crippen molar-refractivity contribution in [2.24, 2.45) is 16.7 Å². The lowest BCUT2D eigenvalue weighted by Crippen LogP contribution is -2.56. The van der Waals surface area contributed by atoms with Crippen LogP contribution in [0.3, 0.4) is 0 Å². The molecule has 2 fully saturated rings. The number of esters is 2. The second-order valence-corrected chi connectivity index (χ2v) is 13.1. The number of methoxy groups -OCH3 is 1. The third-order valence-electron chi connectivity index (χ3n) is 7.95. The Morgan fingerprint density at radius 3 is 2.50 bits per heavy atom. The summed E-state index contributed by atoms with van der Waals surface area (Å²) in [7, 11) is 1.47. The first-order valence-corrected chi connectivity index (χ1v) is 13.1. The Hall–Kier alpha value is -2.39. The molecule has 0 amide bonds. The fraction of sp³-hybridized carbons (Fsp3) is 0.630. The molecule has 5 atom stereocenters. The van der Waals surface area contributed by atoms with Gasteiger partial charge in [0.25, 0.3) is 0 Å². The van der Waals surface area contributed by atoms with Crippen molar-refractivity contribution in [3.05, 3.63) is 33.5 Å². The molecule has 0 unspecified atom stereocenters. The van der Waals surface area contributed by atoms with E-state index in [1.807, 2.05) is 20.8 Å². The molecular formula is C27H34O8S. The van der Waals surface area contributed by atoms with Crippen LogP contribution in [0.1, 0.15) is 60.8 Å². The van der Waals surface area contributed by atoms with Crippen LogP contribution in [0.2, 0.25) is 0 Å². The van der Waals surface area contributed by atoms with Crippen LogP contribution in [0.25, 0.3) is 0 Å². The number of ether oxygens (including phenoxy) is 3. The lowest BCUT2D eigenvalue weighted by Gasteiger charge is -2.53. The highest BCUT2D eigenvalue weighted by Gasteiger charge is 2.64. The number of fused-ring (bicyclic) bond motifs is 4. The molecule has 0 aromatic rings. The average molecular weight is 519 g/mol. The van der Waals surface area contributed by atoms with Gasteiger partial charge in [0.15, 0.2) is 5.76 Å². The molecule has 1 aliphatic heterocycles. The Morgan fingerprint density at radius 1 is 1.25 bits per heavy atom. The number of rotatable bonds is 4. The number of thioether (sulfide) groups is 1. The normalized spacial score (nSPS) is 35.5. The molecule has 1 saturated heterocycles. The Morgan fingerprint density at radius 2 is 1.92 bits per heavy atom. The number of allylic oxidation sites excluding steroid dienone is 1. The highest BCUT2D eigenvalue weighted by atomic mass is 32.2. The third-order valence-corrected chi connectivity index (χ3v) is 9.01. The maximum Gasteiger partial charge on any atom is 0.339 e. The number of aliphatic hydroxyl groups excluding tert-OH is 1. The summed E-state index contributed by atoms with van der Waals surface area (Å²) in [6.07, 6.45) is -0.805. The first kappa shape index (κ1) is 26.7. The third kappa shape index (κ3) is 3.95. The van der Waals surface area contributed by atoms with Gasteiger partial charge in [-0.2, -0.15) is 0 Å². The summed E-state index contributed by atoms with van der Waals surface area (Å²) in [4.78, 5) is 52.2. The van der Waals surface area contributed by atoms with Crippen molar-refractivity contribution in [1.29, 1.82) is 0 Å². The van der Waals surface area contributed by atoms with Crippen LogP contribution in [0.15, 0.2) is 33.5 Å². The first-order valence-electron chi connectivity index (χ1n) is 12.2. The van der Waals surface area contributed by atoms with Crippen molar-refractivity contribution in [3.8, 4) is 0 Å². The van der Waals surface area contributed by atoms with E-state index in [1.165, 1.54) is 25.8 Å². The number of Topliss-reactive ketones (excluding diaryl/α,β-unsaturated/α-hetero) is 2. The molecular weight excluding hydrogens is 484 g/mol. The minimum Gasteiger partial charge on any atom is -0.504 e. The van der Waals surface area contributed by atoms with Gasteiger partial charge in [0.1, 0.15) is 18.0 Å². The van der Waals surface area contributed by atoms with Gasteiger partial charge in [-0.25, -0.2) is 4.79 Å². The Labute approximate surface area is 215 Å². The topological polar surface area (TPSA) is 116 Å². The van der Waals surface area contributed by atoms with Gasteiger partial charge in [-0.3, -0.25) is 14.4 Å². The monoisotopic (exact) mass is 518 g/mol. The zero-order valence-electron chi connectivity index (χ0n) is 21.9. The number of ketones is 2. The molecule has 0 spiro atoms. The number of aliphatic hydroxyl groups is 1. The molecule has 4 aliphatic rings. The standard InChI is InChI=1S/C27H34O8S/c1-13(28)34-16-10-26(5)15(8-9-17(26)29)19-21(16)27(6)18(11-33-7)35-24(32)14(12-36-25(2,3)4)20(27)23(31)22(19)30/h12,15-16,18,31H,8-11H2,1-7H3/b14-12-/t15-,16+,18+,26-,27-/m0/s1. The van der Waals surface area contributed by atoms with Crippen LogP contribution in [0.5, 0.6) is 0 Å². The van der Waals surface area contributed by atoms with Crippen LogP contribution < -0.4 is 0 Å².